The molecule has 0 saturated heterocycles. The number of pyridine rings is 4. The van der Waals surface area contributed by atoms with Crippen LogP contribution in [0.2, 0.25) is 0 Å². The van der Waals surface area contributed by atoms with Gasteiger partial charge in [-0.15, -0.1) is 0 Å². The number of benzene rings is 12. The van der Waals surface area contributed by atoms with Gasteiger partial charge in [-0.2, -0.15) is 0 Å². The molecule has 12 aromatic carbocycles. The summed E-state index contributed by atoms with van der Waals surface area (Å²) in [4.78, 5) is 63.5. The maximum atomic E-state index is 11.9. The molecule has 0 aliphatic carbocycles. The van der Waals surface area contributed by atoms with Crippen molar-refractivity contribution in [3.63, 3.8) is 0 Å². The quantitative estimate of drug-likeness (QED) is 0.0160. The number of nitrogens with zero attached hydrogens (tertiary/aromatic N) is 4. The first-order valence-electron chi connectivity index (χ1n) is 41.8. The second-order valence-electron chi connectivity index (χ2n) is 29.4. The molecule has 25 nitrogen and oxygen atoms in total. The van der Waals surface area contributed by atoms with Gasteiger partial charge in [-0.05, 0) is 158 Å². The lowest BCUT2D eigenvalue weighted by Gasteiger charge is -2.17. The van der Waals surface area contributed by atoms with Crippen molar-refractivity contribution in [2.75, 3.05) is 20.3 Å². The minimum atomic E-state index is -1.36. The third kappa shape index (κ3) is 28.1. The molecule has 0 bridgehead atoms. The van der Waals surface area contributed by atoms with Crippen LogP contribution in [0.5, 0.6) is 69.0 Å². The molecule has 0 spiro atoms. The van der Waals surface area contributed by atoms with Gasteiger partial charge in [0.05, 0.1) is 52.0 Å². The summed E-state index contributed by atoms with van der Waals surface area (Å²) in [5.41, 5.74) is 11.2. The molecule has 0 radical (unpaired) electrons. The predicted octanol–water partition coefficient (Wildman–Crippen LogP) is 22.3. The van der Waals surface area contributed by atoms with Gasteiger partial charge >= 0.3 is 24.1 Å². The van der Waals surface area contributed by atoms with Crippen LogP contribution in [0.4, 0.5) is 4.79 Å². The smallest absolute Gasteiger partial charge is 0.509 e. The molecule has 0 amide bonds. The molecule has 0 aliphatic rings. The van der Waals surface area contributed by atoms with Gasteiger partial charge in [-0.3, -0.25) is 0 Å². The average Bonchev–Trinajstić information content (AvgIpc) is 0.886. The molecule has 1 atom stereocenters. The van der Waals surface area contributed by atoms with E-state index in [0.717, 1.165) is 89.5 Å². The van der Waals surface area contributed by atoms with Gasteiger partial charge < -0.3 is 82.0 Å². The zero-order chi connectivity index (χ0) is 91.5. The maximum Gasteiger partial charge on any atom is 0.511 e. The number of carboxylic acids is 2. The van der Waals surface area contributed by atoms with Crippen molar-refractivity contribution in [2.24, 2.45) is 0 Å². The van der Waals surface area contributed by atoms with Crippen LogP contribution in [0.15, 0.2) is 340 Å². The highest BCUT2D eigenvalue weighted by Gasteiger charge is 2.22. The SMILES string of the molecule is C=C(O)COc1c(C)cccc1COc1cccc(OCc2ccc3ccccc3n2)c1.CCCC(Oc1ccccc1COc1cccc(OCc2ccc3ccccc3n2)c1)C(=O)O.COC(=O)c1ccc(COc2cccc(OCc3ccc4ccccc4n3)c2)cc1OCC(=O)O.O=C(O)Oc1ccccc1COc1ccc(OCc2ccc3ccccc3n2)cc1. The van der Waals surface area contributed by atoms with Gasteiger partial charge in [-0.25, -0.2) is 39.1 Å². The van der Waals surface area contributed by atoms with Crippen molar-refractivity contribution in [3.8, 4) is 69.0 Å². The first-order chi connectivity index (χ1) is 63.9. The van der Waals surface area contributed by atoms with E-state index in [1.54, 1.807) is 66.7 Å². The van der Waals surface area contributed by atoms with Crippen LogP contribution in [0, 0.1) is 6.92 Å². The summed E-state index contributed by atoms with van der Waals surface area (Å²) in [6, 6.07) is 102. The zero-order valence-corrected chi connectivity index (χ0v) is 72.0. The van der Waals surface area contributed by atoms with Crippen LogP contribution in [-0.2, 0) is 67.2 Å². The number of aliphatic carboxylic acids is 2. The monoisotopic (exact) mass is 1760 g/mol. The molecular weight excluding hydrogens is 1670 g/mol. The maximum absolute atomic E-state index is 11.9. The Morgan fingerprint density at radius 2 is 0.718 bits per heavy atom. The minimum absolute atomic E-state index is 0.0223. The number of para-hydroxylation sites is 7. The van der Waals surface area contributed by atoms with Crippen molar-refractivity contribution in [1.82, 2.24) is 19.9 Å². The molecule has 131 heavy (non-hydrogen) atoms. The van der Waals surface area contributed by atoms with Crippen LogP contribution in [0.25, 0.3) is 43.6 Å². The summed E-state index contributed by atoms with van der Waals surface area (Å²) in [7, 11) is 1.24. The number of aliphatic hydroxyl groups is 1. The van der Waals surface area contributed by atoms with E-state index in [4.69, 9.17) is 71.8 Å². The van der Waals surface area contributed by atoms with E-state index in [0.29, 0.717) is 108 Å². The van der Waals surface area contributed by atoms with Gasteiger partial charge in [0, 0.05) is 56.4 Å². The normalized spacial score (nSPS) is 10.9. The minimum Gasteiger partial charge on any atom is -0.509 e. The molecule has 4 N–H and O–H groups in total. The standard InChI is InChI=1S/C28H27NO5.C27H23NO7.C27H25NO4.C24H19NO5/c1-2-8-27(28(30)31)34-26-14-6-4-10-21(26)18-32-23-11-7-12-24(17-23)33-19-22-16-15-20-9-3-5-13-25(20)29-22;1-32-27(31)23-12-9-18(13-25(23)35-17-26(29)30)15-33-21-6-4-7-22(14-21)34-16-20-11-10-19-5-2-3-8-24(19)28-20;1-19-7-5-9-22(27(19)32-16-20(2)29)17-30-24-10-6-11-25(15-24)31-18-23-14-13-21-8-3-4-12-26(21)28-23;26-24(27)30-23-8-4-2-6-18(23)15-28-20-11-13-21(14-12-20)29-16-19-10-9-17-5-1-3-7-22(17)25-19/h3-7,9-17,27H,2,8,18-19H2,1H3,(H,30,31);2-14H,15-17H2,1H3,(H,29,30);3-15,29H,2,16-18H2,1H3;1-14H,15-16H2,(H,26,27). The van der Waals surface area contributed by atoms with Crippen LogP contribution in [0.3, 0.4) is 0 Å². The topological polar surface area (TPSA) is 321 Å². The van der Waals surface area contributed by atoms with Crippen molar-refractivity contribution < 1.29 is 101 Å². The van der Waals surface area contributed by atoms with E-state index < -0.39 is 36.8 Å². The van der Waals surface area contributed by atoms with Crippen molar-refractivity contribution >= 4 is 67.7 Å². The molecule has 1 unspecified atom stereocenters. The van der Waals surface area contributed by atoms with Crippen molar-refractivity contribution in [3.05, 3.63) is 396 Å². The number of carboxylic acid groups (broad SMARTS) is 3. The van der Waals surface area contributed by atoms with Crippen LogP contribution in [-0.4, -0.2) is 90.9 Å². The second-order valence-corrected chi connectivity index (χ2v) is 29.4. The molecule has 4 heterocycles. The summed E-state index contributed by atoms with van der Waals surface area (Å²) in [6.45, 7) is 9.12. The number of aliphatic hydroxyl groups excluding tert-OH is 1. The number of fused-ring (bicyclic) bond motifs is 4. The molecule has 25 heteroatoms. The number of hydrogen-bond donors (Lipinski definition) is 4. The lowest BCUT2D eigenvalue weighted by atomic mass is 10.1. The highest BCUT2D eigenvalue weighted by atomic mass is 16.7. The van der Waals surface area contributed by atoms with Crippen molar-refractivity contribution in [2.45, 2.75) is 85.6 Å². The molecule has 16 aromatic rings. The molecular formula is C106H94N4O21. The third-order valence-corrected chi connectivity index (χ3v) is 19.7. The Kier molecular flexibility index (Phi) is 33.0. The predicted molar refractivity (Wildman–Crippen MR) is 495 cm³/mol. The number of hydrogen-bond acceptors (Lipinski definition) is 22. The summed E-state index contributed by atoms with van der Waals surface area (Å²) < 4.78 is 73.3. The van der Waals surface area contributed by atoms with E-state index in [2.05, 4.69) is 26.5 Å². The molecule has 0 fully saturated rings. The number of carbonyl (C=O) groups excluding carboxylic acids is 1. The lowest BCUT2D eigenvalue weighted by molar-refractivity contribution is -0.145. The number of ether oxygens (including phenoxy) is 13. The average molecular weight is 1760 g/mol. The van der Waals surface area contributed by atoms with Gasteiger partial charge in [0.25, 0.3) is 0 Å². The van der Waals surface area contributed by atoms with E-state index in [-0.39, 0.29) is 49.2 Å². The van der Waals surface area contributed by atoms with Gasteiger partial charge in [0.1, 0.15) is 140 Å². The fourth-order valence-electron chi connectivity index (χ4n) is 13.2. The highest BCUT2D eigenvalue weighted by molar-refractivity contribution is 5.93. The summed E-state index contributed by atoms with van der Waals surface area (Å²) in [5.74, 6) is 4.06. The van der Waals surface area contributed by atoms with Crippen LogP contribution in [0.1, 0.15) is 80.7 Å². The number of methoxy groups -OCH3 is 1. The zero-order valence-electron chi connectivity index (χ0n) is 72.0. The summed E-state index contributed by atoms with van der Waals surface area (Å²) in [5, 5.41) is 40.8. The molecule has 0 aliphatic heterocycles. The highest BCUT2D eigenvalue weighted by Crippen LogP contribution is 2.32. The Labute approximate surface area is 755 Å². The fraction of sp³-hybridized carbons (Fsp3) is 0.151. The Balaban J connectivity index is 0.000000149. The molecule has 664 valence electrons. The van der Waals surface area contributed by atoms with Gasteiger partial charge in [-0.1, -0.05) is 196 Å². The summed E-state index contributed by atoms with van der Waals surface area (Å²) >= 11 is 0. The molecule has 4 aromatic heterocycles. The third-order valence-electron chi connectivity index (χ3n) is 19.7. The Morgan fingerprint density at radius 3 is 1.14 bits per heavy atom. The Morgan fingerprint density at radius 1 is 0.344 bits per heavy atom. The number of aromatic nitrogens is 4. The van der Waals surface area contributed by atoms with E-state index in [9.17, 15) is 29.4 Å². The number of esters is 1. The molecule has 0 saturated carbocycles. The largest absolute Gasteiger partial charge is 0.511 e. The van der Waals surface area contributed by atoms with Crippen LogP contribution >= 0.6 is 0 Å². The Hall–Kier alpha value is -16.7. The van der Waals surface area contributed by atoms with E-state index in [1.807, 2.05) is 269 Å². The first kappa shape index (κ1) is 92.0. The molecule has 16 rings (SSSR count). The van der Waals surface area contributed by atoms with Crippen molar-refractivity contribution in [1.29, 1.82) is 0 Å². The number of rotatable bonds is 37. The van der Waals surface area contributed by atoms with Crippen LogP contribution < -0.4 is 56.8 Å². The van der Waals surface area contributed by atoms with E-state index in [1.165, 1.54) is 13.2 Å². The summed E-state index contributed by atoms with van der Waals surface area (Å²) in [6.07, 6.45) is -1.08. The van der Waals surface area contributed by atoms with Gasteiger partial charge in [0.2, 0.25) is 0 Å². The fourth-order valence-corrected chi connectivity index (χ4v) is 13.2. The van der Waals surface area contributed by atoms with Gasteiger partial charge in [0.15, 0.2) is 12.7 Å². The van der Waals surface area contributed by atoms with E-state index >= 15 is 0 Å². The second kappa shape index (κ2) is 47.0. The number of aryl methyl sites for hydroxylation is 1. The Bertz CT molecular complexity index is 6570. The number of carbonyl (C=O) groups is 4. The lowest BCUT2D eigenvalue weighted by Crippen LogP contribution is -2.27. The first-order valence-corrected chi connectivity index (χ1v) is 41.8.